The molecule has 5 aromatic rings. The Labute approximate surface area is 195 Å². The first-order chi connectivity index (χ1) is 16.5. The Morgan fingerprint density at radius 2 is 1.18 bits per heavy atom. The van der Waals surface area contributed by atoms with Crippen LogP contribution >= 0.6 is 0 Å². The Hall–Kier alpha value is -4.32. The van der Waals surface area contributed by atoms with E-state index in [1.54, 1.807) is 30.3 Å². The number of hydrogen-bond acceptors (Lipinski definition) is 6. The molecule has 170 valence electrons. The highest BCUT2D eigenvalue weighted by Gasteiger charge is 2.12. The molecule has 5 rings (SSSR count). The van der Waals surface area contributed by atoms with Crippen molar-refractivity contribution in [3.05, 3.63) is 93.6 Å². The fourth-order valence-electron chi connectivity index (χ4n) is 4.24. The van der Waals surface area contributed by atoms with E-state index in [9.17, 15) is 9.59 Å². The highest BCUT2D eigenvalue weighted by molar-refractivity contribution is 5.86. The van der Waals surface area contributed by atoms with E-state index in [0.717, 1.165) is 29.5 Å². The van der Waals surface area contributed by atoms with Crippen LogP contribution in [0.5, 0.6) is 0 Å². The first-order valence-electron chi connectivity index (χ1n) is 11.2. The molecule has 0 aliphatic heterocycles. The predicted molar refractivity (Wildman–Crippen MR) is 137 cm³/mol. The molecule has 2 aromatic heterocycles. The van der Waals surface area contributed by atoms with Gasteiger partial charge in [-0.2, -0.15) is 0 Å². The summed E-state index contributed by atoms with van der Waals surface area (Å²) in [5.41, 5.74) is 9.82. The molecule has 0 saturated heterocycles. The molecule has 0 fully saturated rings. The van der Waals surface area contributed by atoms with E-state index in [4.69, 9.17) is 14.6 Å². The second-order valence-electron chi connectivity index (χ2n) is 8.16. The van der Waals surface area contributed by atoms with Gasteiger partial charge < -0.3 is 19.5 Å². The van der Waals surface area contributed by atoms with Crippen molar-refractivity contribution in [2.75, 3.05) is 23.7 Å². The third-order valence-corrected chi connectivity index (χ3v) is 6.12. The first-order valence-corrected chi connectivity index (χ1v) is 11.2. The topological polar surface area (TPSA) is 89.7 Å². The van der Waals surface area contributed by atoms with E-state index in [2.05, 4.69) is 18.7 Å². The Morgan fingerprint density at radius 1 is 0.676 bits per heavy atom. The lowest BCUT2D eigenvalue weighted by molar-refractivity contribution is 0.563. The van der Waals surface area contributed by atoms with Gasteiger partial charge in [0.25, 0.3) is 0 Å². The van der Waals surface area contributed by atoms with Crippen LogP contribution in [0.2, 0.25) is 0 Å². The number of benzene rings is 3. The molecule has 0 spiro atoms. The molecule has 34 heavy (non-hydrogen) atoms. The lowest BCUT2D eigenvalue weighted by atomic mass is 10.0. The van der Waals surface area contributed by atoms with E-state index in [1.807, 2.05) is 42.5 Å². The smallest absolute Gasteiger partial charge is 0.344 e. The van der Waals surface area contributed by atoms with Crippen LogP contribution in [0.1, 0.15) is 13.8 Å². The van der Waals surface area contributed by atoms with Gasteiger partial charge in [0.1, 0.15) is 11.2 Å². The van der Waals surface area contributed by atoms with Crippen molar-refractivity contribution >= 4 is 33.3 Å². The number of hydrogen-bond donors (Lipinski definition) is 1. The molecular weight excluding hydrogens is 428 g/mol. The zero-order chi connectivity index (χ0) is 23.8. The summed E-state index contributed by atoms with van der Waals surface area (Å²) in [4.78, 5) is 27.5. The van der Waals surface area contributed by atoms with Crippen LogP contribution in [0.3, 0.4) is 0 Å². The number of nitrogens with zero attached hydrogens (tertiary/aromatic N) is 1. The van der Waals surface area contributed by atoms with Gasteiger partial charge >= 0.3 is 11.3 Å². The minimum atomic E-state index is -0.444. The molecule has 2 heterocycles. The summed E-state index contributed by atoms with van der Waals surface area (Å²) in [7, 11) is 0. The molecule has 6 nitrogen and oxygen atoms in total. The summed E-state index contributed by atoms with van der Waals surface area (Å²) < 4.78 is 11.1. The second-order valence-corrected chi connectivity index (χ2v) is 8.16. The molecule has 0 unspecified atom stereocenters. The Bertz CT molecular complexity index is 1630. The molecular formula is C28H24N2O4. The highest BCUT2D eigenvalue weighted by atomic mass is 16.4. The van der Waals surface area contributed by atoms with Crippen LogP contribution in [0.4, 0.5) is 11.4 Å². The molecule has 6 heteroatoms. The van der Waals surface area contributed by atoms with Crippen LogP contribution < -0.4 is 21.9 Å². The lowest BCUT2D eigenvalue weighted by Crippen LogP contribution is -2.21. The molecule has 2 N–H and O–H groups in total. The Balaban J connectivity index is 1.52. The van der Waals surface area contributed by atoms with Crippen molar-refractivity contribution in [3.8, 4) is 22.3 Å². The van der Waals surface area contributed by atoms with Crippen molar-refractivity contribution in [2.45, 2.75) is 13.8 Å². The molecule has 3 aromatic carbocycles. The maximum atomic E-state index is 12.8. The summed E-state index contributed by atoms with van der Waals surface area (Å²) >= 11 is 0. The van der Waals surface area contributed by atoms with Crippen LogP contribution in [-0.2, 0) is 0 Å². The first kappa shape index (κ1) is 21.5. The summed E-state index contributed by atoms with van der Waals surface area (Å²) in [6.07, 6.45) is 0. The summed E-state index contributed by atoms with van der Waals surface area (Å²) in [5, 5.41) is 1.64. The molecule has 0 atom stereocenters. The monoisotopic (exact) mass is 452 g/mol. The minimum Gasteiger partial charge on any atom is -0.422 e. The van der Waals surface area contributed by atoms with Crippen LogP contribution in [-0.4, -0.2) is 13.1 Å². The van der Waals surface area contributed by atoms with Crippen molar-refractivity contribution in [1.82, 2.24) is 0 Å². The van der Waals surface area contributed by atoms with Gasteiger partial charge in [-0.3, -0.25) is 0 Å². The maximum absolute atomic E-state index is 12.8. The van der Waals surface area contributed by atoms with Gasteiger partial charge in [0.15, 0.2) is 0 Å². The lowest BCUT2D eigenvalue weighted by Gasteiger charge is -2.21. The van der Waals surface area contributed by atoms with Gasteiger partial charge in [0, 0.05) is 47.4 Å². The van der Waals surface area contributed by atoms with E-state index in [-0.39, 0.29) is 0 Å². The van der Waals surface area contributed by atoms with E-state index < -0.39 is 11.3 Å². The van der Waals surface area contributed by atoms with Crippen molar-refractivity contribution < 1.29 is 8.83 Å². The van der Waals surface area contributed by atoms with E-state index >= 15 is 0 Å². The molecule has 0 amide bonds. The number of nitrogens with two attached hydrogens (primary N) is 1. The standard InChI is InChI=1S/C28H24N2O4/c1-3-30(4-2)22-12-10-20-14-24(28(32)34-26(20)16-22)18-7-5-17(6-8-18)23-13-19-9-11-21(29)15-25(19)33-27(23)31/h5-16H,3-4,29H2,1-2H3. The molecule has 0 bridgehead atoms. The summed E-state index contributed by atoms with van der Waals surface area (Å²) in [5.74, 6) is 0. The average molecular weight is 453 g/mol. The van der Waals surface area contributed by atoms with Crippen LogP contribution in [0, 0.1) is 0 Å². The minimum absolute atomic E-state index is 0.403. The SMILES string of the molecule is CCN(CC)c1ccc2cc(-c3ccc(-c4cc5ccc(N)cc5oc4=O)cc3)c(=O)oc2c1. The summed E-state index contributed by atoms with van der Waals surface area (Å²) in [6, 6.07) is 22.0. The highest BCUT2D eigenvalue weighted by Crippen LogP contribution is 2.28. The summed E-state index contributed by atoms with van der Waals surface area (Å²) in [6.45, 7) is 5.93. The zero-order valence-electron chi connectivity index (χ0n) is 19.0. The van der Waals surface area contributed by atoms with Gasteiger partial charge in [-0.25, -0.2) is 9.59 Å². The third-order valence-electron chi connectivity index (χ3n) is 6.12. The van der Waals surface area contributed by atoms with Crippen molar-refractivity contribution in [1.29, 1.82) is 0 Å². The van der Waals surface area contributed by atoms with Gasteiger partial charge in [-0.05, 0) is 61.4 Å². The number of anilines is 2. The normalized spacial score (nSPS) is 11.2. The Morgan fingerprint density at radius 3 is 1.71 bits per heavy atom. The van der Waals surface area contributed by atoms with Crippen molar-refractivity contribution in [2.24, 2.45) is 0 Å². The van der Waals surface area contributed by atoms with Gasteiger partial charge in [-0.1, -0.05) is 24.3 Å². The number of fused-ring (bicyclic) bond motifs is 2. The van der Waals surface area contributed by atoms with Gasteiger partial charge in [-0.15, -0.1) is 0 Å². The van der Waals surface area contributed by atoms with E-state index in [0.29, 0.717) is 39.1 Å². The van der Waals surface area contributed by atoms with Crippen molar-refractivity contribution in [3.63, 3.8) is 0 Å². The van der Waals surface area contributed by atoms with Crippen LogP contribution in [0.25, 0.3) is 44.2 Å². The predicted octanol–water partition coefficient (Wildman–Crippen LogP) is 5.66. The molecule has 0 radical (unpaired) electrons. The van der Waals surface area contributed by atoms with Gasteiger partial charge in [0.2, 0.25) is 0 Å². The average Bonchev–Trinajstić information content (AvgIpc) is 2.84. The quantitative estimate of drug-likeness (QED) is 0.273. The number of nitrogen functional groups attached to an aromatic ring is 1. The second kappa shape index (κ2) is 8.56. The molecule has 0 aliphatic rings. The number of rotatable bonds is 5. The molecule has 0 saturated carbocycles. The van der Waals surface area contributed by atoms with E-state index in [1.165, 1.54) is 0 Å². The van der Waals surface area contributed by atoms with Gasteiger partial charge in [0.05, 0.1) is 11.1 Å². The fraction of sp³-hybridized carbons (Fsp3) is 0.143. The fourth-order valence-corrected chi connectivity index (χ4v) is 4.24. The Kier molecular flexibility index (Phi) is 5.42. The maximum Gasteiger partial charge on any atom is 0.344 e. The largest absolute Gasteiger partial charge is 0.422 e. The molecule has 0 aliphatic carbocycles. The van der Waals surface area contributed by atoms with Crippen LogP contribution in [0.15, 0.2) is 91.2 Å². The zero-order valence-corrected chi connectivity index (χ0v) is 19.0. The third kappa shape index (κ3) is 3.83.